The third-order valence-corrected chi connectivity index (χ3v) is 6.26. The Balaban J connectivity index is 2.19. The summed E-state index contributed by atoms with van der Waals surface area (Å²) in [6.45, 7) is 8.81. The molecule has 0 fully saturated rings. The first-order valence-electron chi connectivity index (χ1n) is 12.0. The number of nitrogens with one attached hydrogen (secondary N) is 2. The Morgan fingerprint density at radius 1 is 0.919 bits per heavy atom. The molecule has 37 heavy (non-hydrogen) atoms. The lowest BCUT2D eigenvalue weighted by molar-refractivity contribution is -0.150. The average Bonchev–Trinajstić information content (AvgIpc) is 2.83. The minimum Gasteiger partial charge on any atom is -0.481 e. The zero-order valence-corrected chi connectivity index (χ0v) is 22.6. The van der Waals surface area contributed by atoms with Gasteiger partial charge in [0, 0.05) is 11.4 Å². The van der Waals surface area contributed by atoms with Crippen molar-refractivity contribution >= 4 is 35.4 Å². The van der Waals surface area contributed by atoms with Crippen molar-refractivity contribution in [2.45, 2.75) is 71.6 Å². The van der Waals surface area contributed by atoms with E-state index in [-0.39, 0.29) is 19.4 Å². The molecule has 0 aliphatic rings. The van der Waals surface area contributed by atoms with E-state index in [1.165, 1.54) is 0 Å². The predicted octanol–water partition coefficient (Wildman–Crippen LogP) is 4.24. The van der Waals surface area contributed by atoms with Gasteiger partial charge in [0.25, 0.3) is 0 Å². The Labute approximate surface area is 222 Å². The second-order valence-electron chi connectivity index (χ2n) is 10.5. The second-order valence-corrected chi connectivity index (χ2v) is 10.9. The molecule has 8 nitrogen and oxygen atoms in total. The number of hydrogen-bond acceptors (Lipinski definition) is 5. The molecule has 9 heteroatoms. The summed E-state index contributed by atoms with van der Waals surface area (Å²) in [5.74, 6) is -2.86. The molecule has 0 aliphatic heterocycles. The number of carboxylic acid groups (broad SMARTS) is 1. The zero-order chi connectivity index (χ0) is 27.8. The number of rotatable bonds is 11. The number of benzene rings is 2. The van der Waals surface area contributed by atoms with Gasteiger partial charge >= 0.3 is 11.9 Å². The lowest BCUT2D eigenvalue weighted by Crippen LogP contribution is -2.59. The van der Waals surface area contributed by atoms with Crippen LogP contribution in [0.3, 0.4) is 0 Å². The molecule has 0 unspecified atom stereocenters. The zero-order valence-electron chi connectivity index (χ0n) is 21.8. The normalized spacial score (nSPS) is 13.2. The summed E-state index contributed by atoms with van der Waals surface area (Å²) in [5, 5.41) is 15.1. The highest BCUT2D eigenvalue weighted by atomic mass is 35.5. The number of aliphatic carboxylic acids is 1. The van der Waals surface area contributed by atoms with Crippen molar-refractivity contribution in [3.05, 3.63) is 70.7 Å². The fraction of sp³-hybridized carbons (Fsp3) is 0.429. The fourth-order valence-electron chi connectivity index (χ4n) is 3.59. The Kier molecular flexibility index (Phi) is 10.3. The third kappa shape index (κ3) is 8.89. The summed E-state index contributed by atoms with van der Waals surface area (Å²) < 4.78 is 5.35. The van der Waals surface area contributed by atoms with Crippen molar-refractivity contribution in [2.24, 2.45) is 5.41 Å². The lowest BCUT2D eigenvalue weighted by atomic mass is 9.81. The van der Waals surface area contributed by atoms with E-state index in [1.807, 2.05) is 6.07 Å². The van der Waals surface area contributed by atoms with E-state index < -0.39 is 46.7 Å². The molecule has 200 valence electrons. The summed E-state index contributed by atoms with van der Waals surface area (Å²) >= 11 is 5.98. The Bertz CT molecular complexity index is 1090. The van der Waals surface area contributed by atoms with E-state index in [9.17, 15) is 19.2 Å². The lowest BCUT2D eigenvalue weighted by Gasteiger charge is -2.34. The van der Waals surface area contributed by atoms with E-state index in [4.69, 9.17) is 21.4 Å². The number of esters is 1. The first-order valence-corrected chi connectivity index (χ1v) is 12.4. The topological polar surface area (TPSA) is 122 Å². The van der Waals surface area contributed by atoms with Crippen molar-refractivity contribution < 1.29 is 29.0 Å². The van der Waals surface area contributed by atoms with Crippen LogP contribution in [0.4, 0.5) is 0 Å². The highest BCUT2D eigenvalue weighted by Crippen LogP contribution is 2.27. The SMILES string of the molecule is CC(C)(C(=O)N[C@H](C(=O)N[C@H](CCC(=O)O)C(=O)OCc1ccccc1)C(C)(C)C)c1ccc(Cl)cc1. The molecule has 0 aromatic heterocycles. The number of carbonyl (C=O) groups excluding carboxylic acids is 3. The molecule has 2 aromatic carbocycles. The molecule has 3 N–H and O–H groups in total. The quantitative estimate of drug-likeness (QED) is 0.373. The van der Waals surface area contributed by atoms with Gasteiger partial charge in [-0.3, -0.25) is 14.4 Å². The van der Waals surface area contributed by atoms with Crippen molar-refractivity contribution in [2.75, 3.05) is 0 Å². The number of carbonyl (C=O) groups is 4. The maximum atomic E-state index is 13.4. The van der Waals surface area contributed by atoms with E-state index >= 15 is 0 Å². The smallest absolute Gasteiger partial charge is 0.328 e. The molecule has 0 spiro atoms. The first-order chi connectivity index (χ1) is 17.2. The van der Waals surface area contributed by atoms with Crippen molar-refractivity contribution in [1.29, 1.82) is 0 Å². The van der Waals surface area contributed by atoms with Crippen LogP contribution >= 0.6 is 11.6 Å². The first kappa shape index (κ1) is 29.8. The highest BCUT2D eigenvalue weighted by Gasteiger charge is 2.39. The van der Waals surface area contributed by atoms with Crippen LogP contribution in [0.15, 0.2) is 54.6 Å². The number of carboxylic acids is 1. The van der Waals surface area contributed by atoms with Crippen LogP contribution < -0.4 is 10.6 Å². The molecular weight excluding hydrogens is 496 g/mol. The van der Waals surface area contributed by atoms with Crippen LogP contribution in [-0.4, -0.2) is 40.9 Å². The fourth-order valence-corrected chi connectivity index (χ4v) is 3.71. The largest absolute Gasteiger partial charge is 0.481 e. The molecule has 2 atom stereocenters. The van der Waals surface area contributed by atoms with Crippen LogP contribution in [0.5, 0.6) is 0 Å². The summed E-state index contributed by atoms with van der Waals surface area (Å²) in [4.78, 5) is 50.7. The molecule has 2 aromatic rings. The maximum Gasteiger partial charge on any atom is 0.328 e. The third-order valence-electron chi connectivity index (χ3n) is 6.01. The average molecular weight is 531 g/mol. The van der Waals surface area contributed by atoms with E-state index in [1.54, 1.807) is 83.1 Å². The van der Waals surface area contributed by atoms with Crippen LogP contribution in [0.1, 0.15) is 58.6 Å². The van der Waals surface area contributed by atoms with Gasteiger partial charge in [-0.15, -0.1) is 0 Å². The van der Waals surface area contributed by atoms with Gasteiger partial charge in [0.1, 0.15) is 18.7 Å². The standard InChI is InChI=1S/C28H35ClN2O6/c1-27(2,3)23(31-26(36)28(4,5)19-11-13-20(29)14-12-19)24(34)30-21(15-16-22(32)33)25(35)37-17-18-9-7-6-8-10-18/h6-14,21,23H,15-17H2,1-5H3,(H,30,34)(H,31,36)(H,32,33)/t21-,23-/m1/s1. The molecule has 2 amide bonds. The molecule has 0 radical (unpaired) electrons. The molecule has 2 rings (SSSR count). The Morgan fingerprint density at radius 3 is 2.05 bits per heavy atom. The van der Waals surface area contributed by atoms with Gasteiger partial charge in [-0.2, -0.15) is 0 Å². The van der Waals surface area contributed by atoms with Crippen LogP contribution in [-0.2, 0) is 35.9 Å². The van der Waals surface area contributed by atoms with Gasteiger partial charge in [0.05, 0.1) is 5.41 Å². The van der Waals surface area contributed by atoms with Crippen molar-refractivity contribution in [3.8, 4) is 0 Å². The van der Waals surface area contributed by atoms with E-state index in [0.717, 1.165) is 5.56 Å². The van der Waals surface area contributed by atoms with Gasteiger partial charge in [-0.05, 0) is 48.9 Å². The second kappa shape index (κ2) is 12.7. The maximum absolute atomic E-state index is 13.4. The van der Waals surface area contributed by atoms with Gasteiger partial charge in [0.15, 0.2) is 0 Å². The molecule has 0 aliphatic carbocycles. The summed E-state index contributed by atoms with van der Waals surface area (Å²) in [5.41, 5.74) is -0.234. The summed E-state index contributed by atoms with van der Waals surface area (Å²) in [6, 6.07) is 13.7. The number of hydrogen-bond donors (Lipinski definition) is 3. The van der Waals surface area contributed by atoms with E-state index in [2.05, 4.69) is 10.6 Å². The summed E-state index contributed by atoms with van der Waals surface area (Å²) in [7, 11) is 0. The van der Waals surface area contributed by atoms with Crippen LogP contribution in [0.2, 0.25) is 5.02 Å². The van der Waals surface area contributed by atoms with Gasteiger partial charge in [-0.1, -0.05) is 74.8 Å². The molecule has 0 bridgehead atoms. The van der Waals surface area contributed by atoms with Crippen LogP contribution in [0.25, 0.3) is 0 Å². The summed E-state index contributed by atoms with van der Waals surface area (Å²) in [6.07, 6.45) is -0.503. The molecule has 0 saturated heterocycles. The molecule has 0 saturated carbocycles. The van der Waals surface area contributed by atoms with Gasteiger partial charge in [-0.25, -0.2) is 4.79 Å². The predicted molar refractivity (Wildman–Crippen MR) is 141 cm³/mol. The number of ether oxygens (including phenoxy) is 1. The number of amides is 2. The van der Waals surface area contributed by atoms with Crippen LogP contribution in [0, 0.1) is 5.41 Å². The van der Waals surface area contributed by atoms with Crippen molar-refractivity contribution in [1.82, 2.24) is 10.6 Å². The monoisotopic (exact) mass is 530 g/mol. The van der Waals surface area contributed by atoms with Crippen molar-refractivity contribution in [3.63, 3.8) is 0 Å². The molecule has 0 heterocycles. The Hall–Kier alpha value is -3.39. The minimum atomic E-state index is -1.20. The van der Waals surface area contributed by atoms with Gasteiger partial charge < -0.3 is 20.5 Å². The molecular formula is C28H35ClN2O6. The minimum absolute atomic E-state index is 0.0200. The highest BCUT2D eigenvalue weighted by molar-refractivity contribution is 6.30. The number of halogens is 1. The Morgan fingerprint density at radius 2 is 1.51 bits per heavy atom. The van der Waals surface area contributed by atoms with E-state index in [0.29, 0.717) is 10.6 Å². The van der Waals surface area contributed by atoms with Gasteiger partial charge in [0.2, 0.25) is 11.8 Å².